The van der Waals surface area contributed by atoms with Gasteiger partial charge in [0.15, 0.2) is 0 Å². The Morgan fingerprint density at radius 1 is 1.06 bits per heavy atom. The van der Waals surface area contributed by atoms with E-state index >= 15 is 0 Å². The number of aromatic nitrogens is 3. The molecule has 4 heterocycles. The summed E-state index contributed by atoms with van der Waals surface area (Å²) >= 11 is 0. The number of fused-ring (bicyclic) bond motifs is 2. The molecule has 13 heteroatoms. The molecule has 1 saturated heterocycles. The van der Waals surface area contributed by atoms with Crippen molar-refractivity contribution >= 4 is 34.5 Å². The molecule has 0 saturated carbocycles. The molecule has 47 heavy (non-hydrogen) atoms. The van der Waals surface area contributed by atoms with Gasteiger partial charge in [-0.05, 0) is 74.1 Å². The molecule has 2 aliphatic rings. The summed E-state index contributed by atoms with van der Waals surface area (Å²) in [6.07, 6.45) is 3.32. The minimum atomic E-state index is -4.83. The van der Waals surface area contributed by atoms with Crippen molar-refractivity contribution in [3.63, 3.8) is 0 Å². The summed E-state index contributed by atoms with van der Waals surface area (Å²) in [5, 5.41) is 15.8. The zero-order valence-electron chi connectivity index (χ0n) is 26.2. The van der Waals surface area contributed by atoms with Gasteiger partial charge >= 0.3 is 6.18 Å². The Kier molecular flexibility index (Phi) is 10.5. The van der Waals surface area contributed by atoms with Crippen molar-refractivity contribution in [1.82, 2.24) is 25.0 Å². The van der Waals surface area contributed by atoms with Crippen molar-refractivity contribution in [3.05, 3.63) is 94.8 Å². The SMILES string of the molecule is CC1=C(C=O)C(c2ccc(C(F)(F)F)c(F)c2)n2nc(CNC(=O)CCN3CCCCC3)cc2N1.CNc1ccc2cnccc2c1. The van der Waals surface area contributed by atoms with Crippen LogP contribution in [-0.4, -0.2) is 58.5 Å². The molecule has 1 amide bonds. The van der Waals surface area contributed by atoms with Crippen LogP contribution in [0, 0.1) is 5.82 Å². The third kappa shape index (κ3) is 8.15. The Labute approximate surface area is 270 Å². The minimum absolute atomic E-state index is 0.112. The van der Waals surface area contributed by atoms with Gasteiger partial charge in [-0.25, -0.2) is 9.07 Å². The molecule has 248 valence electrons. The van der Waals surface area contributed by atoms with Crippen LogP contribution >= 0.6 is 0 Å². The maximum atomic E-state index is 14.3. The Morgan fingerprint density at radius 2 is 1.85 bits per heavy atom. The van der Waals surface area contributed by atoms with Crippen molar-refractivity contribution in [3.8, 4) is 0 Å². The molecule has 1 unspecified atom stereocenters. The number of carbonyl (C=O) groups is 2. The molecule has 4 aromatic rings. The minimum Gasteiger partial charge on any atom is -0.388 e. The molecule has 3 N–H and O–H groups in total. The molecule has 2 aliphatic heterocycles. The summed E-state index contributed by atoms with van der Waals surface area (Å²) in [5.74, 6) is -1.05. The second kappa shape index (κ2) is 14.8. The standard InChI is InChI=1S/C24H27F4N5O2.C10H10N2/c1-15-18(14-34)23(16-5-6-19(20(25)11-16)24(26,27)28)33-21(30-15)12-17(31-33)13-29-22(35)7-10-32-8-3-2-4-9-32;1-11-10-3-2-9-7-12-5-4-8(9)6-10/h5-6,11-12,14,23,30H,2-4,7-10,13H2,1H3,(H,29,35);2-7,11H,1H3. The second-order valence-electron chi connectivity index (χ2n) is 11.5. The van der Waals surface area contributed by atoms with Gasteiger partial charge in [-0.2, -0.15) is 18.3 Å². The summed E-state index contributed by atoms with van der Waals surface area (Å²) in [6.45, 7) is 4.49. The molecule has 9 nitrogen and oxygen atoms in total. The zero-order valence-corrected chi connectivity index (χ0v) is 26.2. The maximum absolute atomic E-state index is 14.3. The molecule has 1 fully saturated rings. The number of halogens is 4. The molecule has 0 spiro atoms. The number of benzene rings is 2. The quantitative estimate of drug-likeness (QED) is 0.152. The second-order valence-corrected chi connectivity index (χ2v) is 11.5. The highest BCUT2D eigenvalue weighted by atomic mass is 19.4. The van der Waals surface area contributed by atoms with E-state index < -0.39 is 23.6 Å². The number of likely N-dealkylation sites (tertiary alicyclic amines) is 1. The molecule has 1 atom stereocenters. The fourth-order valence-corrected chi connectivity index (χ4v) is 5.79. The number of allylic oxidation sites excluding steroid dienone is 2. The van der Waals surface area contributed by atoms with Crippen LogP contribution in [0.1, 0.15) is 55.5 Å². The highest BCUT2D eigenvalue weighted by Gasteiger charge is 2.36. The average molecular weight is 652 g/mol. The van der Waals surface area contributed by atoms with E-state index in [1.165, 1.54) is 21.9 Å². The molecule has 6 rings (SSSR count). The van der Waals surface area contributed by atoms with E-state index in [0.717, 1.165) is 43.8 Å². The van der Waals surface area contributed by atoms with Gasteiger partial charge in [0.05, 0.1) is 17.8 Å². The summed E-state index contributed by atoms with van der Waals surface area (Å²) in [7, 11) is 1.92. The van der Waals surface area contributed by atoms with E-state index in [2.05, 4.69) is 43.1 Å². The van der Waals surface area contributed by atoms with Crippen molar-refractivity contribution in [2.24, 2.45) is 0 Å². The van der Waals surface area contributed by atoms with Crippen molar-refractivity contribution < 1.29 is 27.2 Å². The number of pyridine rings is 1. The summed E-state index contributed by atoms with van der Waals surface area (Å²) in [6, 6.07) is 11.6. The number of aldehydes is 1. The number of alkyl halides is 3. The van der Waals surface area contributed by atoms with Crippen LogP contribution in [0.25, 0.3) is 10.8 Å². The van der Waals surface area contributed by atoms with Gasteiger partial charge in [-0.3, -0.25) is 14.6 Å². The molecule has 0 radical (unpaired) electrons. The van der Waals surface area contributed by atoms with Crippen LogP contribution in [0.5, 0.6) is 0 Å². The van der Waals surface area contributed by atoms with E-state index in [0.29, 0.717) is 42.5 Å². The van der Waals surface area contributed by atoms with Crippen LogP contribution in [0.3, 0.4) is 0 Å². The van der Waals surface area contributed by atoms with Crippen LogP contribution in [0.4, 0.5) is 29.1 Å². The van der Waals surface area contributed by atoms with Gasteiger partial charge in [0.1, 0.15) is 24.0 Å². The Bertz CT molecular complexity index is 1760. The van der Waals surface area contributed by atoms with Crippen LogP contribution in [-0.2, 0) is 22.3 Å². The fraction of sp³-hybridized carbons (Fsp3) is 0.353. The number of hydrogen-bond donors (Lipinski definition) is 3. The van der Waals surface area contributed by atoms with Crippen LogP contribution in [0.15, 0.2) is 72.2 Å². The summed E-state index contributed by atoms with van der Waals surface area (Å²) in [4.78, 5) is 30.5. The van der Waals surface area contributed by atoms with Gasteiger partial charge in [-0.1, -0.05) is 18.6 Å². The molecular formula is C34H37F4N7O2. The average Bonchev–Trinajstić information content (AvgIpc) is 3.47. The molecule has 0 bridgehead atoms. The Morgan fingerprint density at radius 3 is 2.55 bits per heavy atom. The molecular weight excluding hydrogens is 614 g/mol. The lowest BCUT2D eigenvalue weighted by molar-refractivity contribution is -0.140. The van der Waals surface area contributed by atoms with Gasteiger partial charge < -0.3 is 20.9 Å². The van der Waals surface area contributed by atoms with Crippen LogP contribution < -0.4 is 16.0 Å². The number of rotatable bonds is 8. The van der Waals surface area contributed by atoms with E-state index in [9.17, 15) is 27.2 Å². The predicted octanol–water partition coefficient (Wildman–Crippen LogP) is 6.30. The van der Waals surface area contributed by atoms with E-state index in [4.69, 9.17) is 0 Å². The number of amides is 1. The molecule has 2 aromatic heterocycles. The van der Waals surface area contributed by atoms with E-state index in [-0.39, 0.29) is 23.6 Å². The van der Waals surface area contributed by atoms with Crippen molar-refractivity contribution in [2.75, 3.05) is 37.3 Å². The number of anilines is 2. The predicted molar refractivity (Wildman–Crippen MR) is 172 cm³/mol. The number of hydrogen-bond acceptors (Lipinski definition) is 7. The largest absolute Gasteiger partial charge is 0.419 e. The van der Waals surface area contributed by atoms with Gasteiger partial charge in [0.2, 0.25) is 5.91 Å². The first-order valence-corrected chi connectivity index (χ1v) is 15.5. The number of carbonyl (C=O) groups excluding carboxylic acids is 2. The highest BCUT2D eigenvalue weighted by Crippen LogP contribution is 2.38. The van der Waals surface area contributed by atoms with Gasteiger partial charge in [0, 0.05) is 60.8 Å². The smallest absolute Gasteiger partial charge is 0.388 e. The lowest BCUT2D eigenvalue weighted by Crippen LogP contribution is -2.34. The normalized spacial score (nSPS) is 16.5. The van der Waals surface area contributed by atoms with Gasteiger partial charge in [-0.15, -0.1) is 0 Å². The molecule has 0 aliphatic carbocycles. The van der Waals surface area contributed by atoms with Gasteiger partial charge in [0.25, 0.3) is 0 Å². The number of nitrogens with zero attached hydrogens (tertiary/aromatic N) is 4. The zero-order chi connectivity index (χ0) is 33.6. The number of piperidine rings is 1. The maximum Gasteiger partial charge on any atom is 0.419 e. The van der Waals surface area contributed by atoms with E-state index in [1.54, 1.807) is 13.0 Å². The fourth-order valence-electron chi connectivity index (χ4n) is 5.79. The Hall–Kier alpha value is -4.78. The first-order chi connectivity index (χ1) is 22.6. The first kappa shape index (κ1) is 33.6. The Balaban J connectivity index is 0.000000301. The third-order valence-electron chi connectivity index (χ3n) is 8.32. The summed E-state index contributed by atoms with van der Waals surface area (Å²) in [5.41, 5.74) is 1.11. The van der Waals surface area contributed by atoms with Crippen molar-refractivity contribution in [1.29, 1.82) is 0 Å². The lowest BCUT2D eigenvalue weighted by atomic mass is 9.95. The van der Waals surface area contributed by atoms with E-state index in [1.807, 2.05) is 31.6 Å². The first-order valence-electron chi connectivity index (χ1n) is 15.5. The topological polar surface area (TPSA) is 104 Å². The highest BCUT2D eigenvalue weighted by molar-refractivity contribution is 5.84. The number of nitrogens with one attached hydrogen (secondary N) is 3. The summed E-state index contributed by atoms with van der Waals surface area (Å²) < 4.78 is 54.8. The monoisotopic (exact) mass is 651 g/mol. The van der Waals surface area contributed by atoms with Crippen LogP contribution in [0.2, 0.25) is 0 Å². The third-order valence-corrected chi connectivity index (χ3v) is 8.32. The lowest BCUT2D eigenvalue weighted by Gasteiger charge is -2.28. The van der Waals surface area contributed by atoms with Crippen molar-refractivity contribution in [2.45, 2.75) is 51.4 Å². The molecule has 2 aromatic carbocycles.